The van der Waals surface area contributed by atoms with E-state index in [1.807, 2.05) is 54.6 Å². The lowest BCUT2D eigenvalue weighted by molar-refractivity contribution is -0.129. The number of aryl methyl sites for hydroxylation is 1. The SMILES string of the molecule is C[C@H](CC(=O)[C@H](N)CCc1ccccc1)C(=O)NCc1ccc(CN)cc1. The van der Waals surface area contributed by atoms with Crippen molar-refractivity contribution in [3.63, 3.8) is 0 Å². The highest BCUT2D eigenvalue weighted by molar-refractivity contribution is 5.89. The quantitative estimate of drug-likeness (QED) is 0.600. The Morgan fingerprint density at radius 2 is 1.59 bits per heavy atom. The zero-order chi connectivity index (χ0) is 19.6. The number of benzene rings is 2. The summed E-state index contributed by atoms with van der Waals surface area (Å²) in [7, 11) is 0. The van der Waals surface area contributed by atoms with Crippen LogP contribution in [-0.4, -0.2) is 17.7 Å². The summed E-state index contributed by atoms with van der Waals surface area (Å²) in [6.07, 6.45) is 1.51. The molecule has 2 atom stereocenters. The van der Waals surface area contributed by atoms with Crippen molar-refractivity contribution in [1.29, 1.82) is 0 Å². The van der Waals surface area contributed by atoms with Crippen LogP contribution in [0.15, 0.2) is 54.6 Å². The molecule has 0 unspecified atom stereocenters. The van der Waals surface area contributed by atoms with Gasteiger partial charge >= 0.3 is 0 Å². The van der Waals surface area contributed by atoms with Gasteiger partial charge in [0.05, 0.1) is 6.04 Å². The lowest BCUT2D eigenvalue weighted by atomic mass is 9.96. The van der Waals surface area contributed by atoms with Crippen LogP contribution < -0.4 is 16.8 Å². The van der Waals surface area contributed by atoms with Gasteiger partial charge in [-0.3, -0.25) is 9.59 Å². The van der Waals surface area contributed by atoms with Crippen molar-refractivity contribution in [3.05, 3.63) is 71.3 Å². The fourth-order valence-corrected chi connectivity index (χ4v) is 2.83. The van der Waals surface area contributed by atoms with Crippen molar-refractivity contribution >= 4 is 11.7 Å². The van der Waals surface area contributed by atoms with Crippen molar-refractivity contribution in [2.24, 2.45) is 17.4 Å². The number of ketones is 1. The van der Waals surface area contributed by atoms with Crippen molar-refractivity contribution in [2.45, 2.75) is 45.3 Å². The Hall–Kier alpha value is -2.50. The molecule has 0 aliphatic heterocycles. The largest absolute Gasteiger partial charge is 0.352 e. The van der Waals surface area contributed by atoms with Gasteiger partial charge in [0.1, 0.15) is 5.78 Å². The summed E-state index contributed by atoms with van der Waals surface area (Å²) in [5.41, 5.74) is 14.8. The first-order chi connectivity index (χ1) is 13.0. The van der Waals surface area contributed by atoms with E-state index >= 15 is 0 Å². The van der Waals surface area contributed by atoms with Crippen LogP contribution in [0, 0.1) is 5.92 Å². The Balaban J connectivity index is 1.74. The Bertz CT molecular complexity index is 729. The van der Waals surface area contributed by atoms with E-state index in [9.17, 15) is 9.59 Å². The van der Waals surface area contributed by atoms with Gasteiger partial charge in [-0.25, -0.2) is 0 Å². The van der Waals surface area contributed by atoms with Crippen LogP contribution in [0.3, 0.4) is 0 Å². The monoisotopic (exact) mass is 367 g/mol. The summed E-state index contributed by atoms with van der Waals surface area (Å²) >= 11 is 0. The molecule has 2 rings (SSSR count). The molecule has 2 aromatic rings. The van der Waals surface area contributed by atoms with E-state index in [4.69, 9.17) is 11.5 Å². The first kappa shape index (κ1) is 20.8. The van der Waals surface area contributed by atoms with Crippen molar-refractivity contribution in [1.82, 2.24) is 5.32 Å². The molecular formula is C22H29N3O2. The molecule has 0 aromatic heterocycles. The maximum atomic E-state index is 12.3. The molecule has 0 bridgehead atoms. The van der Waals surface area contributed by atoms with Gasteiger partial charge in [-0.15, -0.1) is 0 Å². The summed E-state index contributed by atoms with van der Waals surface area (Å²) in [4.78, 5) is 24.6. The van der Waals surface area contributed by atoms with Crippen molar-refractivity contribution < 1.29 is 9.59 Å². The van der Waals surface area contributed by atoms with E-state index in [1.165, 1.54) is 0 Å². The minimum absolute atomic E-state index is 0.0686. The number of nitrogens with one attached hydrogen (secondary N) is 1. The molecule has 0 aliphatic carbocycles. The molecule has 27 heavy (non-hydrogen) atoms. The zero-order valence-electron chi connectivity index (χ0n) is 15.9. The van der Waals surface area contributed by atoms with Gasteiger partial charge in [-0.1, -0.05) is 61.5 Å². The second-order valence-corrected chi connectivity index (χ2v) is 6.94. The van der Waals surface area contributed by atoms with Crippen LogP contribution in [0.1, 0.15) is 36.5 Å². The molecular weight excluding hydrogens is 338 g/mol. The predicted molar refractivity (Wildman–Crippen MR) is 108 cm³/mol. The highest BCUT2D eigenvalue weighted by Crippen LogP contribution is 2.10. The van der Waals surface area contributed by atoms with E-state index in [2.05, 4.69) is 5.32 Å². The molecule has 0 aliphatic rings. The highest BCUT2D eigenvalue weighted by Gasteiger charge is 2.21. The number of nitrogens with two attached hydrogens (primary N) is 2. The topological polar surface area (TPSA) is 98.2 Å². The van der Waals surface area contributed by atoms with E-state index in [1.54, 1.807) is 6.92 Å². The minimum Gasteiger partial charge on any atom is -0.352 e. The molecule has 1 amide bonds. The average Bonchev–Trinajstić information content (AvgIpc) is 2.71. The molecule has 5 N–H and O–H groups in total. The minimum atomic E-state index is -0.538. The molecule has 0 heterocycles. The van der Waals surface area contributed by atoms with E-state index in [0.717, 1.165) is 23.1 Å². The van der Waals surface area contributed by atoms with Crippen LogP contribution in [0.2, 0.25) is 0 Å². The molecule has 0 radical (unpaired) electrons. The first-order valence-corrected chi connectivity index (χ1v) is 9.37. The average molecular weight is 367 g/mol. The Morgan fingerprint density at radius 3 is 2.22 bits per heavy atom. The summed E-state index contributed by atoms with van der Waals surface area (Å²) in [5.74, 6) is -0.606. The number of carbonyl (C=O) groups excluding carboxylic acids is 2. The number of carbonyl (C=O) groups is 2. The second kappa shape index (κ2) is 10.6. The Kier molecular flexibility index (Phi) is 8.17. The molecule has 144 valence electrons. The second-order valence-electron chi connectivity index (χ2n) is 6.94. The smallest absolute Gasteiger partial charge is 0.223 e. The lowest BCUT2D eigenvalue weighted by Gasteiger charge is -2.15. The van der Waals surface area contributed by atoms with Gasteiger partial charge in [-0.2, -0.15) is 0 Å². The number of rotatable bonds is 10. The van der Waals surface area contributed by atoms with Crippen LogP contribution >= 0.6 is 0 Å². The molecule has 0 fully saturated rings. The predicted octanol–water partition coefficient (Wildman–Crippen LogP) is 2.32. The third kappa shape index (κ3) is 6.96. The normalized spacial score (nSPS) is 13.0. The molecule has 5 heteroatoms. The van der Waals surface area contributed by atoms with Gasteiger partial charge in [0, 0.05) is 25.4 Å². The molecule has 0 saturated carbocycles. The fourth-order valence-electron chi connectivity index (χ4n) is 2.83. The number of amides is 1. The first-order valence-electron chi connectivity index (χ1n) is 9.37. The highest BCUT2D eigenvalue weighted by atomic mass is 16.2. The summed E-state index contributed by atoms with van der Waals surface area (Å²) in [6, 6.07) is 17.2. The van der Waals surface area contributed by atoms with Gasteiger partial charge in [0.2, 0.25) is 5.91 Å². The Morgan fingerprint density at radius 1 is 0.963 bits per heavy atom. The maximum absolute atomic E-state index is 12.3. The van der Waals surface area contributed by atoms with Gasteiger partial charge < -0.3 is 16.8 Å². The van der Waals surface area contributed by atoms with Gasteiger partial charge in [-0.05, 0) is 29.5 Å². The van der Waals surface area contributed by atoms with Crippen LogP contribution in [0.5, 0.6) is 0 Å². The van der Waals surface area contributed by atoms with Crippen LogP contribution in [0.4, 0.5) is 0 Å². The van der Waals surface area contributed by atoms with E-state index in [-0.39, 0.29) is 18.1 Å². The van der Waals surface area contributed by atoms with Gasteiger partial charge in [0.25, 0.3) is 0 Å². The standard InChI is InChI=1S/C22H29N3O2/c1-16(22(27)25-15-19-9-7-18(14-23)8-10-19)13-21(26)20(24)12-11-17-5-3-2-4-6-17/h2-10,16,20H,11-15,23-24H2,1H3,(H,25,27)/t16-,20-/m1/s1. The summed E-state index contributed by atoms with van der Waals surface area (Å²) in [6.45, 7) is 2.69. The van der Waals surface area contributed by atoms with Gasteiger partial charge in [0.15, 0.2) is 0 Å². The number of hydrogen-bond acceptors (Lipinski definition) is 4. The fraction of sp³-hybridized carbons (Fsp3) is 0.364. The van der Waals surface area contributed by atoms with Crippen molar-refractivity contribution in [2.75, 3.05) is 0 Å². The van der Waals surface area contributed by atoms with Crippen LogP contribution in [0.25, 0.3) is 0 Å². The molecule has 0 spiro atoms. The van der Waals surface area contributed by atoms with Crippen LogP contribution in [-0.2, 0) is 29.1 Å². The van der Waals surface area contributed by atoms with E-state index in [0.29, 0.717) is 19.5 Å². The summed E-state index contributed by atoms with van der Waals surface area (Å²) in [5, 5.41) is 2.88. The van der Waals surface area contributed by atoms with E-state index < -0.39 is 12.0 Å². The summed E-state index contributed by atoms with van der Waals surface area (Å²) < 4.78 is 0. The zero-order valence-corrected chi connectivity index (χ0v) is 15.9. The molecule has 2 aromatic carbocycles. The van der Waals surface area contributed by atoms with Crippen molar-refractivity contribution in [3.8, 4) is 0 Å². The molecule has 5 nitrogen and oxygen atoms in total. The lowest BCUT2D eigenvalue weighted by Crippen LogP contribution is -2.36. The maximum Gasteiger partial charge on any atom is 0.223 e. The number of hydrogen-bond donors (Lipinski definition) is 3. The molecule has 0 saturated heterocycles. The third-order valence-corrected chi connectivity index (χ3v) is 4.68. The number of Topliss-reactive ketones (excluding diaryl/α,β-unsaturated/α-hetero) is 1. The Labute approximate surface area is 161 Å². The third-order valence-electron chi connectivity index (χ3n) is 4.68.